The molecule has 0 saturated heterocycles. The Morgan fingerprint density at radius 2 is 2.11 bits per heavy atom. The summed E-state index contributed by atoms with van der Waals surface area (Å²) in [6, 6.07) is -0.355. The number of nitrogens with two attached hydrogens (primary N) is 1. The van der Waals surface area contributed by atoms with Gasteiger partial charge in [0.1, 0.15) is 0 Å². The molecule has 0 aromatic rings. The van der Waals surface area contributed by atoms with Crippen LogP contribution in [0.25, 0.3) is 0 Å². The number of hydrogen-bond acceptors (Lipinski definition) is 3. The van der Waals surface area contributed by atoms with Crippen LogP contribution >= 0.6 is 0 Å². The third-order valence-electron chi connectivity index (χ3n) is 0.554. The third kappa shape index (κ3) is 7.61. The first kappa shape index (κ1) is 8.61. The van der Waals surface area contributed by atoms with Crippen LogP contribution in [0.5, 0.6) is 0 Å². The molecule has 0 radical (unpaired) electrons. The van der Waals surface area contributed by atoms with Gasteiger partial charge in [0.05, 0.1) is 5.41 Å². The monoisotopic (exact) mass is 151 g/mol. The van der Waals surface area contributed by atoms with Crippen LogP contribution in [0.15, 0.2) is 11.5 Å². The van der Waals surface area contributed by atoms with E-state index in [1.807, 2.05) is 0 Å². The van der Waals surface area contributed by atoms with Gasteiger partial charge in [0.2, 0.25) is 0 Å². The fourth-order valence-electron chi connectivity index (χ4n) is 0.223. The summed E-state index contributed by atoms with van der Waals surface area (Å²) in [4.78, 5) is 0. The fraction of sp³-hybridized carbons (Fsp3) is 0.500. The highest BCUT2D eigenvalue weighted by Crippen LogP contribution is 1.86. The maximum absolute atomic E-state index is 9.95. The van der Waals surface area contributed by atoms with Crippen LogP contribution in [-0.2, 0) is 10.1 Å². The molecule has 0 rings (SSSR count). The average molecular weight is 151 g/mol. The van der Waals surface area contributed by atoms with Gasteiger partial charge in [0.25, 0.3) is 10.1 Å². The van der Waals surface area contributed by atoms with Gasteiger partial charge in [-0.2, -0.15) is 8.42 Å². The topological polar surface area (TPSA) is 80.4 Å². The molecule has 0 aliphatic carbocycles. The lowest BCUT2D eigenvalue weighted by atomic mass is 10.4. The van der Waals surface area contributed by atoms with Crippen molar-refractivity contribution >= 4 is 10.1 Å². The summed E-state index contributed by atoms with van der Waals surface area (Å²) in [6.45, 7) is 1.60. The molecular formula is C4H9NO3S. The minimum atomic E-state index is -3.98. The zero-order valence-electron chi connectivity index (χ0n) is 4.98. The molecule has 0 aliphatic heterocycles. The summed E-state index contributed by atoms with van der Waals surface area (Å²) in [7, 11) is -3.98. The predicted molar refractivity (Wildman–Crippen MR) is 34.3 cm³/mol. The lowest BCUT2D eigenvalue weighted by Crippen LogP contribution is -2.11. The maximum Gasteiger partial charge on any atom is 0.287 e. The largest absolute Gasteiger partial charge is 0.325 e. The van der Waals surface area contributed by atoms with Crippen LogP contribution in [0.4, 0.5) is 0 Å². The molecule has 0 heterocycles. The van der Waals surface area contributed by atoms with E-state index in [4.69, 9.17) is 10.3 Å². The first-order valence-corrected chi connectivity index (χ1v) is 3.83. The van der Waals surface area contributed by atoms with Crippen molar-refractivity contribution in [3.8, 4) is 0 Å². The first-order valence-electron chi connectivity index (χ1n) is 2.33. The Morgan fingerprint density at radius 3 is 2.22 bits per heavy atom. The van der Waals surface area contributed by atoms with Crippen molar-refractivity contribution in [2.75, 3.05) is 0 Å². The highest BCUT2D eigenvalue weighted by atomic mass is 32.2. The Balaban J connectivity index is 4.03. The van der Waals surface area contributed by atoms with Gasteiger partial charge in [-0.1, -0.05) is 6.08 Å². The molecule has 0 amide bonds. The summed E-state index contributed by atoms with van der Waals surface area (Å²) >= 11 is 0. The van der Waals surface area contributed by atoms with E-state index in [1.165, 1.54) is 6.08 Å². The van der Waals surface area contributed by atoms with Crippen molar-refractivity contribution in [1.82, 2.24) is 0 Å². The molecule has 0 spiro atoms. The van der Waals surface area contributed by atoms with E-state index in [0.29, 0.717) is 5.41 Å². The summed E-state index contributed by atoms with van der Waals surface area (Å²) in [5.74, 6) is 0. The van der Waals surface area contributed by atoms with E-state index in [1.54, 1.807) is 6.92 Å². The van der Waals surface area contributed by atoms with Gasteiger partial charge in [-0.3, -0.25) is 4.55 Å². The zero-order valence-corrected chi connectivity index (χ0v) is 5.80. The Morgan fingerprint density at radius 1 is 1.67 bits per heavy atom. The van der Waals surface area contributed by atoms with Crippen LogP contribution in [-0.4, -0.2) is 19.0 Å². The lowest BCUT2D eigenvalue weighted by molar-refractivity contribution is 0.494. The van der Waals surface area contributed by atoms with E-state index >= 15 is 0 Å². The zero-order chi connectivity index (χ0) is 7.49. The van der Waals surface area contributed by atoms with E-state index in [0.717, 1.165) is 0 Å². The average Bonchev–Trinajstić information content (AvgIpc) is 1.59. The second-order valence-corrected chi connectivity index (χ2v) is 3.00. The molecule has 0 bridgehead atoms. The SMILES string of the molecule is CC(N)C=CS(=O)(=O)O. The summed E-state index contributed by atoms with van der Waals surface area (Å²) in [6.07, 6.45) is 1.19. The molecule has 3 N–H and O–H groups in total. The predicted octanol–water partition coefficient (Wildman–Crippen LogP) is -0.265. The molecule has 54 valence electrons. The molecule has 9 heavy (non-hydrogen) atoms. The second-order valence-electron chi connectivity index (χ2n) is 1.70. The van der Waals surface area contributed by atoms with Crippen molar-refractivity contribution in [3.05, 3.63) is 11.5 Å². The van der Waals surface area contributed by atoms with Crippen LogP contribution < -0.4 is 5.73 Å². The van der Waals surface area contributed by atoms with Crippen molar-refractivity contribution in [2.45, 2.75) is 13.0 Å². The standard InChI is InChI=1S/C4H9NO3S/c1-4(5)2-3-9(6,7)8/h2-4H,5H2,1H3,(H,6,7,8). The summed E-state index contributed by atoms with van der Waals surface area (Å²) in [5.41, 5.74) is 5.14. The smallest absolute Gasteiger partial charge is 0.287 e. The molecule has 0 aromatic heterocycles. The molecule has 1 unspecified atom stereocenters. The molecule has 5 heteroatoms. The minimum absolute atomic E-state index is 0.355. The van der Waals surface area contributed by atoms with Gasteiger partial charge in [-0.15, -0.1) is 0 Å². The number of hydrogen-bond donors (Lipinski definition) is 2. The molecular weight excluding hydrogens is 142 g/mol. The van der Waals surface area contributed by atoms with Crippen LogP contribution in [0, 0.1) is 0 Å². The van der Waals surface area contributed by atoms with Crippen molar-refractivity contribution in [2.24, 2.45) is 5.73 Å². The molecule has 1 atom stereocenters. The van der Waals surface area contributed by atoms with Gasteiger partial charge in [0.15, 0.2) is 0 Å². The summed E-state index contributed by atoms with van der Waals surface area (Å²) < 4.78 is 28.0. The molecule has 0 saturated carbocycles. The quantitative estimate of drug-likeness (QED) is 0.532. The van der Waals surface area contributed by atoms with E-state index in [-0.39, 0.29) is 6.04 Å². The molecule has 4 nitrogen and oxygen atoms in total. The van der Waals surface area contributed by atoms with Crippen molar-refractivity contribution in [3.63, 3.8) is 0 Å². The van der Waals surface area contributed by atoms with Crippen LogP contribution in [0.2, 0.25) is 0 Å². The lowest BCUT2D eigenvalue weighted by Gasteiger charge is -1.90. The first-order chi connectivity index (χ1) is 3.92. The Hall–Kier alpha value is -0.390. The Bertz CT molecular complexity index is 192. The van der Waals surface area contributed by atoms with Crippen LogP contribution in [0.3, 0.4) is 0 Å². The number of rotatable bonds is 2. The third-order valence-corrected chi connectivity index (χ3v) is 1.06. The van der Waals surface area contributed by atoms with E-state index in [9.17, 15) is 8.42 Å². The van der Waals surface area contributed by atoms with E-state index < -0.39 is 10.1 Å². The Kier molecular flexibility index (Phi) is 2.83. The maximum atomic E-state index is 9.95. The van der Waals surface area contributed by atoms with Gasteiger partial charge in [0, 0.05) is 6.04 Å². The molecule has 0 aliphatic rings. The van der Waals surface area contributed by atoms with E-state index in [2.05, 4.69) is 0 Å². The van der Waals surface area contributed by atoms with Crippen molar-refractivity contribution < 1.29 is 13.0 Å². The highest BCUT2D eigenvalue weighted by molar-refractivity contribution is 7.88. The fourth-order valence-corrected chi connectivity index (χ4v) is 0.670. The normalized spacial score (nSPS) is 16.3. The van der Waals surface area contributed by atoms with Gasteiger partial charge in [-0.05, 0) is 6.92 Å². The van der Waals surface area contributed by atoms with Gasteiger partial charge < -0.3 is 5.73 Å². The highest BCUT2D eigenvalue weighted by Gasteiger charge is 1.94. The molecule has 0 aromatic carbocycles. The van der Waals surface area contributed by atoms with Crippen LogP contribution in [0.1, 0.15) is 6.92 Å². The van der Waals surface area contributed by atoms with Crippen molar-refractivity contribution in [1.29, 1.82) is 0 Å². The summed E-state index contributed by atoms with van der Waals surface area (Å²) in [5, 5.41) is 0.664. The molecule has 0 fully saturated rings. The minimum Gasteiger partial charge on any atom is -0.325 e. The Labute approximate surface area is 54.1 Å². The van der Waals surface area contributed by atoms with Gasteiger partial charge >= 0.3 is 0 Å². The van der Waals surface area contributed by atoms with Gasteiger partial charge in [-0.25, -0.2) is 0 Å². The second kappa shape index (κ2) is 2.95.